The van der Waals surface area contributed by atoms with E-state index < -0.39 is 0 Å². The first-order valence-corrected chi connectivity index (χ1v) is 7.01. The number of thiocarbonyl (C=S) groups is 1. The molecule has 104 valence electrons. The topological polar surface area (TPSA) is 58.4 Å². The van der Waals surface area contributed by atoms with Crippen LogP contribution in [0.2, 0.25) is 0 Å². The summed E-state index contributed by atoms with van der Waals surface area (Å²) in [7, 11) is 1.71. The largest absolute Gasteiger partial charge is 0.393 e. The minimum absolute atomic E-state index is 0.102. The zero-order chi connectivity index (χ0) is 13.8. The lowest BCUT2D eigenvalue weighted by atomic mass is 9.88. The van der Waals surface area contributed by atoms with Crippen LogP contribution in [-0.2, 0) is 4.79 Å². The molecule has 4 nitrogen and oxygen atoms in total. The van der Waals surface area contributed by atoms with Gasteiger partial charge in [0.25, 0.3) is 0 Å². The van der Waals surface area contributed by atoms with E-state index in [-0.39, 0.29) is 17.2 Å². The number of nitrogens with one attached hydrogen (secondary N) is 1. The van der Waals surface area contributed by atoms with Crippen LogP contribution in [-0.4, -0.2) is 42.5 Å². The maximum absolute atomic E-state index is 11.6. The van der Waals surface area contributed by atoms with Gasteiger partial charge in [-0.2, -0.15) is 0 Å². The van der Waals surface area contributed by atoms with E-state index in [1.807, 2.05) is 0 Å². The number of amides is 1. The summed E-state index contributed by atoms with van der Waals surface area (Å²) in [5.74, 6) is 0.296. The molecule has 1 heterocycles. The summed E-state index contributed by atoms with van der Waals surface area (Å²) in [4.78, 5) is 14.6. The molecule has 1 saturated heterocycles. The van der Waals surface area contributed by atoms with Crippen LogP contribution >= 0.6 is 12.2 Å². The lowest BCUT2D eigenvalue weighted by molar-refractivity contribution is -0.126. The normalized spacial score (nSPS) is 21.6. The highest BCUT2D eigenvalue weighted by Gasteiger charge is 2.27. The van der Waals surface area contributed by atoms with E-state index in [0.717, 1.165) is 38.9 Å². The van der Waals surface area contributed by atoms with Crippen molar-refractivity contribution in [3.63, 3.8) is 0 Å². The molecule has 0 saturated carbocycles. The van der Waals surface area contributed by atoms with E-state index in [1.165, 1.54) is 0 Å². The number of piperidine rings is 1. The third-order valence-corrected chi connectivity index (χ3v) is 4.40. The fourth-order valence-electron chi connectivity index (χ4n) is 2.24. The summed E-state index contributed by atoms with van der Waals surface area (Å²) in [5.41, 5.74) is 5.63. The summed E-state index contributed by atoms with van der Waals surface area (Å²) in [6.07, 6.45) is 3.03. The molecule has 0 radical (unpaired) electrons. The van der Waals surface area contributed by atoms with Crippen LogP contribution in [0.5, 0.6) is 0 Å². The molecule has 5 heteroatoms. The van der Waals surface area contributed by atoms with Gasteiger partial charge in [0.05, 0.1) is 10.9 Å². The molecule has 3 N–H and O–H groups in total. The van der Waals surface area contributed by atoms with E-state index in [4.69, 9.17) is 18.0 Å². The molecule has 0 aromatic rings. The Kier molecular flexibility index (Phi) is 5.53. The molecular formula is C13H25N3OS. The lowest BCUT2D eigenvalue weighted by Gasteiger charge is -2.34. The van der Waals surface area contributed by atoms with Crippen LogP contribution < -0.4 is 11.1 Å². The van der Waals surface area contributed by atoms with E-state index in [0.29, 0.717) is 4.99 Å². The summed E-state index contributed by atoms with van der Waals surface area (Å²) in [6.45, 7) is 7.04. The molecule has 1 aliphatic rings. The highest BCUT2D eigenvalue weighted by molar-refractivity contribution is 7.80. The molecule has 1 atom stereocenters. The Bertz CT molecular complexity index is 317. The number of likely N-dealkylation sites (tertiary alicyclic amines) is 1. The second kappa shape index (κ2) is 6.48. The maximum atomic E-state index is 11.6. The van der Waals surface area contributed by atoms with Crippen LogP contribution in [0, 0.1) is 11.3 Å². The van der Waals surface area contributed by atoms with Crippen LogP contribution in [0.3, 0.4) is 0 Å². The van der Waals surface area contributed by atoms with Gasteiger partial charge in [-0.3, -0.25) is 4.79 Å². The second-order valence-corrected chi connectivity index (χ2v) is 6.19. The lowest BCUT2D eigenvalue weighted by Crippen LogP contribution is -2.44. The van der Waals surface area contributed by atoms with Gasteiger partial charge in [-0.25, -0.2) is 0 Å². The Labute approximate surface area is 115 Å². The van der Waals surface area contributed by atoms with Crippen molar-refractivity contribution in [1.82, 2.24) is 10.2 Å². The van der Waals surface area contributed by atoms with Crippen molar-refractivity contribution >= 4 is 23.1 Å². The molecule has 0 bridgehead atoms. The Morgan fingerprint density at radius 1 is 1.56 bits per heavy atom. The molecule has 0 aromatic carbocycles. The zero-order valence-electron chi connectivity index (χ0n) is 11.7. The average molecular weight is 271 g/mol. The Morgan fingerprint density at radius 3 is 2.78 bits per heavy atom. The monoisotopic (exact) mass is 271 g/mol. The Hall–Kier alpha value is -0.680. The van der Waals surface area contributed by atoms with Crippen LogP contribution in [0.1, 0.15) is 33.1 Å². The zero-order valence-corrected chi connectivity index (χ0v) is 12.5. The standard InChI is InChI=1S/C13H25N3OS/c1-13(2,12(14)18)6-8-16-7-4-5-10(9-16)11(17)15-3/h10H,4-9H2,1-3H3,(H2,14,18)(H,15,17). The first-order chi connectivity index (χ1) is 8.36. The molecule has 1 amide bonds. The minimum Gasteiger partial charge on any atom is -0.393 e. The van der Waals surface area contributed by atoms with Gasteiger partial charge in [-0.15, -0.1) is 0 Å². The second-order valence-electron chi connectivity index (χ2n) is 5.75. The quantitative estimate of drug-likeness (QED) is 0.736. The van der Waals surface area contributed by atoms with E-state index in [1.54, 1.807) is 7.05 Å². The summed E-state index contributed by atoms with van der Waals surface area (Å²) >= 11 is 5.08. The van der Waals surface area contributed by atoms with Gasteiger partial charge in [0, 0.05) is 19.0 Å². The van der Waals surface area contributed by atoms with E-state index in [2.05, 4.69) is 24.1 Å². The smallest absolute Gasteiger partial charge is 0.224 e. The SMILES string of the molecule is CNC(=O)C1CCCN(CCC(C)(C)C(N)=S)C1. The van der Waals surface area contributed by atoms with Crippen molar-refractivity contribution in [3.8, 4) is 0 Å². The van der Waals surface area contributed by atoms with Crippen LogP contribution in [0.4, 0.5) is 0 Å². The highest BCUT2D eigenvalue weighted by atomic mass is 32.1. The summed E-state index contributed by atoms with van der Waals surface area (Å²) in [6, 6.07) is 0. The maximum Gasteiger partial charge on any atom is 0.224 e. The van der Waals surface area contributed by atoms with Gasteiger partial charge in [0.2, 0.25) is 5.91 Å². The van der Waals surface area contributed by atoms with Crippen LogP contribution in [0.25, 0.3) is 0 Å². The molecular weight excluding hydrogens is 246 g/mol. The molecule has 1 fully saturated rings. The first-order valence-electron chi connectivity index (χ1n) is 6.60. The van der Waals surface area contributed by atoms with Gasteiger partial charge >= 0.3 is 0 Å². The van der Waals surface area contributed by atoms with Gasteiger partial charge < -0.3 is 16.0 Å². The molecule has 1 aliphatic heterocycles. The Morgan fingerprint density at radius 2 is 2.22 bits per heavy atom. The van der Waals surface area contributed by atoms with Crippen molar-refractivity contribution in [2.45, 2.75) is 33.1 Å². The fourth-order valence-corrected chi connectivity index (χ4v) is 2.34. The molecule has 1 rings (SSSR count). The van der Waals surface area contributed by atoms with Crippen molar-refractivity contribution < 1.29 is 4.79 Å². The first kappa shape index (κ1) is 15.4. The number of rotatable bonds is 5. The number of nitrogens with two attached hydrogens (primary N) is 1. The molecule has 1 unspecified atom stereocenters. The van der Waals surface area contributed by atoms with Crippen molar-refractivity contribution in [1.29, 1.82) is 0 Å². The third-order valence-electron chi connectivity index (χ3n) is 3.84. The summed E-state index contributed by atoms with van der Waals surface area (Å²) < 4.78 is 0. The number of hydrogen-bond donors (Lipinski definition) is 2. The van der Waals surface area contributed by atoms with E-state index in [9.17, 15) is 4.79 Å². The van der Waals surface area contributed by atoms with Gasteiger partial charge in [-0.05, 0) is 32.4 Å². The highest BCUT2D eigenvalue weighted by Crippen LogP contribution is 2.23. The predicted octanol–water partition coefficient (Wildman–Crippen LogP) is 1.15. The van der Waals surface area contributed by atoms with Crippen molar-refractivity contribution in [2.75, 3.05) is 26.7 Å². The van der Waals surface area contributed by atoms with Crippen molar-refractivity contribution in [2.24, 2.45) is 17.1 Å². The molecule has 0 aromatic heterocycles. The number of nitrogens with zero attached hydrogens (tertiary/aromatic N) is 1. The van der Waals surface area contributed by atoms with Gasteiger partial charge in [0.1, 0.15) is 0 Å². The number of carbonyl (C=O) groups excluding carboxylic acids is 1. The third kappa shape index (κ3) is 4.21. The fraction of sp³-hybridized carbons (Fsp3) is 0.846. The predicted molar refractivity (Wildman–Crippen MR) is 78.4 cm³/mol. The van der Waals surface area contributed by atoms with Gasteiger partial charge in [-0.1, -0.05) is 26.1 Å². The molecule has 0 spiro atoms. The average Bonchev–Trinajstić information content (AvgIpc) is 2.35. The minimum atomic E-state index is -0.102. The number of carbonyl (C=O) groups is 1. The summed E-state index contributed by atoms with van der Waals surface area (Å²) in [5, 5.41) is 2.74. The number of hydrogen-bond acceptors (Lipinski definition) is 3. The van der Waals surface area contributed by atoms with Crippen molar-refractivity contribution in [3.05, 3.63) is 0 Å². The molecule has 0 aliphatic carbocycles. The van der Waals surface area contributed by atoms with E-state index >= 15 is 0 Å². The Balaban J connectivity index is 2.44. The van der Waals surface area contributed by atoms with Gasteiger partial charge in [0.15, 0.2) is 0 Å². The van der Waals surface area contributed by atoms with Crippen LogP contribution in [0.15, 0.2) is 0 Å². The molecule has 18 heavy (non-hydrogen) atoms.